The van der Waals surface area contributed by atoms with Crippen molar-refractivity contribution in [1.29, 1.82) is 0 Å². The van der Waals surface area contributed by atoms with Crippen LogP contribution in [0.15, 0.2) is 60.8 Å². The summed E-state index contributed by atoms with van der Waals surface area (Å²) in [4.78, 5) is 25.8. The number of esters is 2. The number of aliphatic hydroxyl groups is 7. The lowest BCUT2D eigenvalue weighted by Gasteiger charge is -2.42. The van der Waals surface area contributed by atoms with E-state index in [1.165, 1.54) is 89.9 Å². The van der Waals surface area contributed by atoms with Crippen molar-refractivity contribution >= 4 is 11.9 Å². The lowest BCUT2D eigenvalue weighted by Crippen LogP contribution is -2.61. The molecule has 15 nitrogen and oxygen atoms in total. The van der Waals surface area contributed by atoms with Crippen molar-refractivity contribution in [3.05, 3.63) is 60.8 Å². The van der Waals surface area contributed by atoms with Crippen LogP contribution < -0.4 is 0 Å². The molecule has 0 amide bonds. The minimum Gasteiger partial charge on any atom is -0.462 e. The number of ether oxygens (including phenoxy) is 6. The zero-order valence-electron chi connectivity index (χ0n) is 44.1. The second kappa shape index (κ2) is 43.4. The molecule has 0 aromatic rings. The highest BCUT2D eigenvalue weighted by molar-refractivity contribution is 5.70. The smallest absolute Gasteiger partial charge is 0.306 e. The van der Waals surface area contributed by atoms with Gasteiger partial charge in [0.15, 0.2) is 18.7 Å². The molecule has 7 N–H and O–H groups in total. The summed E-state index contributed by atoms with van der Waals surface area (Å²) < 4.78 is 33.6. The Morgan fingerprint density at radius 3 is 1.39 bits per heavy atom. The minimum atomic E-state index is -1.78. The van der Waals surface area contributed by atoms with E-state index in [-0.39, 0.29) is 19.4 Å². The number of allylic oxidation sites excluding steroid dienone is 10. The first kappa shape index (κ1) is 65.3. The molecule has 15 heteroatoms. The van der Waals surface area contributed by atoms with Crippen LogP contribution in [0.3, 0.4) is 0 Å². The first-order valence-electron chi connectivity index (χ1n) is 27.9. The van der Waals surface area contributed by atoms with Crippen LogP contribution in [-0.4, -0.2) is 142 Å². The van der Waals surface area contributed by atoms with Crippen molar-refractivity contribution in [2.45, 2.75) is 261 Å². The molecule has 0 aromatic carbocycles. The molecule has 0 aliphatic carbocycles. The molecule has 2 aliphatic heterocycles. The fraction of sp³-hybridized carbons (Fsp3) is 0.789. The van der Waals surface area contributed by atoms with E-state index in [9.17, 15) is 45.3 Å². The number of aliphatic hydroxyl groups excluding tert-OH is 7. The Bertz CT molecular complexity index is 1480. The highest BCUT2D eigenvalue weighted by atomic mass is 16.7. The molecule has 2 heterocycles. The number of carbonyl (C=O) groups is 2. The van der Waals surface area contributed by atoms with Crippen molar-refractivity contribution in [2.24, 2.45) is 0 Å². The maximum absolute atomic E-state index is 13.0. The Labute approximate surface area is 432 Å². The van der Waals surface area contributed by atoms with Crippen molar-refractivity contribution in [1.82, 2.24) is 0 Å². The van der Waals surface area contributed by atoms with Gasteiger partial charge < -0.3 is 64.2 Å². The monoisotopic (exact) mass is 1020 g/mol. The SMILES string of the molecule is CCCCC/C=C/C/C=C/C/C=C/C/C=C/CCCC(=O)OC[C@H](CO[C@H]1O[C@@H](CO[C@H]2O[C@@H](CO)[C@@H](O)C(O)C2O)[C@@H](O)C(O)C1O)OC(=O)CCCCCCCCCCC/C=C/CCCCCCCC. The molecule has 0 aromatic heterocycles. The Morgan fingerprint density at radius 2 is 0.847 bits per heavy atom. The number of carbonyl (C=O) groups excluding carboxylic acids is 2. The summed E-state index contributed by atoms with van der Waals surface area (Å²) in [6, 6.07) is 0. The maximum atomic E-state index is 13.0. The first-order chi connectivity index (χ1) is 35.0. The molecule has 0 saturated carbocycles. The molecule has 0 spiro atoms. The van der Waals surface area contributed by atoms with Gasteiger partial charge in [0.2, 0.25) is 0 Å². The van der Waals surface area contributed by atoms with Gasteiger partial charge in [-0.1, -0.05) is 164 Å². The maximum Gasteiger partial charge on any atom is 0.306 e. The third kappa shape index (κ3) is 30.5. The predicted molar refractivity (Wildman–Crippen MR) is 280 cm³/mol. The third-order valence-corrected chi connectivity index (χ3v) is 13.0. The molecule has 416 valence electrons. The van der Waals surface area contributed by atoms with Gasteiger partial charge in [0.25, 0.3) is 0 Å². The van der Waals surface area contributed by atoms with Crippen LogP contribution in [0.5, 0.6) is 0 Å². The fourth-order valence-corrected chi connectivity index (χ4v) is 8.38. The Kier molecular flexibility index (Phi) is 39.4. The van der Waals surface area contributed by atoms with E-state index in [2.05, 4.69) is 68.5 Å². The highest BCUT2D eigenvalue weighted by Gasteiger charge is 2.47. The Morgan fingerprint density at radius 1 is 0.444 bits per heavy atom. The number of hydrogen-bond acceptors (Lipinski definition) is 15. The van der Waals surface area contributed by atoms with Gasteiger partial charge in [-0.3, -0.25) is 9.59 Å². The summed E-state index contributed by atoms with van der Waals surface area (Å²) >= 11 is 0. The molecule has 0 radical (unpaired) electrons. The van der Waals surface area contributed by atoms with Gasteiger partial charge in [-0.2, -0.15) is 0 Å². The van der Waals surface area contributed by atoms with Gasteiger partial charge in [0.05, 0.1) is 19.8 Å². The van der Waals surface area contributed by atoms with Crippen LogP contribution in [0.1, 0.15) is 194 Å². The number of rotatable bonds is 43. The zero-order valence-corrected chi connectivity index (χ0v) is 44.1. The summed E-state index contributed by atoms with van der Waals surface area (Å²) in [7, 11) is 0. The summed E-state index contributed by atoms with van der Waals surface area (Å²) in [5.74, 6) is -0.993. The van der Waals surface area contributed by atoms with E-state index in [0.717, 1.165) is 57.8 Å². The summed E-state index contributed by atoms with van der Waals surface area (Å²) in [6.07, 6.45) is 33.9. The van der Waals surface area contributed by atoms with E-state index < -0.39 is 99.3 Å². The number of hydrogen-bond donors (Lipinski definition) is 7. The lowest BCUT2D eigenvalue weighted by atomic mass is 9.98. The first-order valence-corrected chi connectivity index (χ1v) is 27.9. The molecular formula is C57H98O15. The van der Waals surface area contributed by atoms with Crippen LogP contribution in [0.4, 0.5) is 0 Å². The zero-order chi connectivity index (χ0) is 52.4. The van der Waals surface area contributed by atoms with Gasteiger partial charge in [0.1, 0.15) is 55.4 Å². The van der Waals surface area contributed by atoms with Crippen LogP contribution in [0.2, 0.25) is 0 Å². The van der Waals surface area contributed by atoms with Crippen molar-refractivity contribution in [3.63, 3.8) is 0 Å². The fourth-order valence-electron chi connectivity index (χ4n) is 8.38. The molecule has 0 bridgehead atoms. The summed E-state index contributed by atoms with van der Waals surface area (Å²) in [6.45, 7) is 2.51. The van der Waals surface area contributed by atoms with E-state index in [1.54, 1.807) is 0 Å². The molecule has 2 rings (SSSR count). The van der Waals surface area contributed by atoms with Gasteiger partial charge in [-0.05, 0) is 77.0 Å². The van der Waals surface area contributed by atoms with E-state index in [0.29, 0.717) is 19.3 Å². The van der Waals surface area contributed by atoms with Gasteiger partial charge in [0, 0.05) is 12.8 Å². The topological polar surface area (TPSA) is 231 Å². The van der Waals surface area contributed by atoms with Crippen LogP contribution >= 0.6 is 0 Å². The summed E-state index contributed by atoms with van der Waals surface area (Å²) in [5, 5.41) is 72.2. The van der Waals surface area contributed by atoms with Crippen LogP contribution in [0.25, 0.3) is 0 Å². The molecule has 2 aliphatic rings. The van der Waals surface area contributed by atoms with Crippen molar-refractivity contribution in [2.75, 3.05) is 26.4 Å². The number of unbranched alkanes of at least 4 members (excludes halogenated alkanes) is 19. The molecular weight excluding hydrogens is 925 g/mol. The molecule has 11 atom stereocenters. The highest BCUT2D eigenvalue weighted by Crippen LogP contribution is 2.26. The normalized spacial score (nSPS) is 25.5. The lowest BCUT2D eigenvalue weighted by molar-refractivity contribution is -0.332. The second-order valence-electron chi connectivity index (χ2n) is 19.4. The largest absolute Gasteiger partial charge is 0.462 e. The average Bonchev–Trinajstić information content (AvgIpc) is 3.37. The van der Waals surface area contributed by atoms with Gasteiger partial charge in [-0.25, -0.2) is 0 Å². The Hall–Kier alpha value is -2.80. The second-order valence-corrected chi connectivity index (χ2v) is 19.4. The van der Waals surface area contributed by atoms with E-state index in [4.69, 9.17) is 28.4 Å². The molecule has 72 heavy (non-hydrogen) atoms. The van der Waals surface area contributed by atoms with Gasteiger partial charge >= 0.3 is 11.9 Å². The molecule has 2 fully saturated rings. The van der Waals surface area contributed by atoms with Crippen LogP contribution in [-0.2, 0) is 38.0 Å². The third-order valence-electron chi connectivity index (χ3n) is 13.0. The van der Waals surface area contributed by atoms with E-state index >= 15 is 0 Å². The predicted octanol–water partition coefficient (Wildman–Crippen LogP) is 8.83. The molecule has 4 unspecified atom stereocenters. The van der Waals surface area contributed by atoms with Crippen LogP contribution in [0, 0.1) is 0 Å². The van der Waals surface area contributed by atoms with Crippen molar-refractivity contribution in [3.8, 4) is 0 Å². The molecule has 2 saturated heterocycles. The Balaban J connectivity index is 1.80. The minimum absolute atomic E-state index is 0.140. The average molecular weight is 1020 g/mol. The summed E-state index contributed by atoms with van der Waals surface area (Å²) in [5.41, 5.74) is 0. The standard InChI is InChI=1S/C57H98O15/c1-3-5-7-9-11-13-15-17-19-21-22-24-26-28-30-32-34-36-38-40-49(60)70-45(42-67-48(59)39-37-35-33-31-29-27-25-23-20-18-16-14-12-10-8-6-4-2)43-68-56-55(66)53(64)51(62)47(72-56)44-69-57-54(65)52(63)50(61)46(41-58)71-57/h12,14,17-20,25,27,31,33,45-47,50-58,61-66H,3-11,13,15-16,21-24,26,28-30,32,34-44H2,1-2H3/b14-12+,19-17+,20-18+,27-25+,33-31+/t45-,46+,47+,50-,51-,52?,53?,54?,55?,56+,57+/m1/s1. The van der Waals surface area contributed by atoms with E-state index in [1.807, 2.05) is 6.08 Å². The van der Waals surface area contributed by atoms with Gasteiger partial charge in [-0.15, -0.1) is 0 Å². The van der Waals surface area contributed by atoms with Crippen molar-refractivity contribution < 1.29 is 73.8 Å². The quantitative estimate of drug-likeness (QED) is 0.0172.